The van der Waals surface area contributed by atoms with E-state index >= 15 is 0 Å². The molecule has 0 aromatic heterocycles. The molecule has 0 aliphatic carbocycles. The van der Waals surface area contributed by atoms with Gasteiger partial charge in [0.25, 0.3) is 0 Å². The van der Waals surface area contributed by atoms with Gasteiger partial charge in [0.15, 0.2) is 0 Å². The summed E-state index contributed by atoms with van der Waals surface area (Å²) in [4.78, 5) is 13.3. The molecule has 2 N–H and O–H groups in total. The van der Waals surface area contributed by atoms with E-state index < -0.39 is 27.9 Å². The van der Waals surface area contributed by atoms with Crippen LogP contribution in [0.5, 0.6) is 5.75 Å². The number of anilines is 1. The van der Waals surface area contributed by atoms with Gasteiger partial charge in [0, 0.05) is 37.4 Å². The van der Waals surface area contributed by atoms with Crippen LogP contribution in [0.25, 0.3) is 0 Å². The molecule has 1 heterocycles. The van der Waals surface area contributed by atoms with Crippen LogP contribution in [-0.4, -0.2) is 68.5 Å². The van der Waals surface area contributed by atoms with Crippen molar-refractivity contribution >= 4 is 21.8 Å². The molecule has 1 saturated heterocycles. The normalized spacial score (nSPS) is 15.3. The first-order chi connectivity index (χ1) is 15.4. The van der Waals surface area contributed by atoms with E-state index in [4.69, 9.17) is 9.84 Å². The first-order valence-electron chi connectivity index (χ1n) is 10.4. The lowest BCUT2D eigenvalue weighted by atomic mass is 10.2. The molecule has 2 aromatic carbocycles. The maximum Gasteiger partial charge on any atom is 0.405 e. The Morgan fingerprint density at radius 3 is 2.34 bits per heavy atom. The molecule has 1 fully saturated rings. The van der Waals surface area contributed by atoms with Gasteiger partial charge in [-0.05, 0) is 43.3 Å². The van der Waals surface area contributed by atoms with Gasteiger partial charge in [-0.15, -0.1) is 0 Å². The van der Waals surface area contributed by atoms with Crippen LogP contribution >= 0.6 is 0 Å². The Labute approximate surface area is 188 Å². The van der Waals surface area contributed by atoms with E-state index in [0.717, 1.165) is 11.4 Å². The van der Waals surface area contributed by atoms with Gasteiger partial charge in [-0.1, -0.05) is 30.0 Å². The van der Waals surface area contributed by atoms with E-state index in [1.807, 2.05) is 49.4 Å². The summed E-state index contributed by atoms with van der Waals surface area (Å²) in [6, 6.07) is 15.7. The molecule has 32 heavy (non-hydrogen) atoms. The molecule has 1 amide bonds. The zero-order chi connectivity index (χ0) is 23.0. The summed E-state index contributed by atoms with van der Waals surface area (Å²) in [5, 5.41) is 11.3. The van der Waals surface area contributed by atoms with Crippen LogP contribution in [0.15, 0.2) is 54.6 Å². The second-order valence-corrected chi connectivity index (χ2v) is 9.24. The summed E-state index contributed by atoms with van der Waals surface area (Å²) in [5.74, 6) is 5.97. The number of hydrogen-bond donors (Lipinski definition) is 2. The highest BCUT2D eigenvalue weighted by Crippen LogP contribution is 2.21. The van der Waals surface area contributed by atoms with Gasteiger partial charge in [-0.3, -0.25) is 0 Å². The number of sulfonamides is 1. The number of amides is 1. The lowest BCUT2D eigenvalue weighted by molar-refractivity contribution is 0.193. The molecular weight excluding hydrogens is 430 g/mol. The quantitative estimate of drug-likeness (QED) is 0.619. The molecule has 1 aliphatic heterocycles. The highest BCUT2D eigenvalue weighted by Gasteiger charge is 2.29. The van der Waals surface area contributed by atoms with E-state index in [9.17, 15) is 13.2 Å². The van der Waals surface area contributed by atoms with Gasteiger partial charge < -0.3 is 20.1 Å². The second-order valence-electron chi connectivity index (χ2n) is 7.23. The molecule has 1 unspecified atom stereocenters. The minimum absolute atomic E-state index is 0.321. The molecule has 0 bridgehead atoms. The number of hydrogen-bond acceptors (Lipinski definition) is 5. The third-order valence-corrected chi connectivity index (χ3v) is 6.89. The number of rotatable bonds is 7. The Morgan fingerprint density at radius 1 is 1.09 bits per heavy atom. The molecule has 3 rings (SSSR count). The summed E-state index contributed by atoms with van der Waals surface area (Å²) in [6.07, 6.45) is -1.31. The Kier molecular flexibility index (Phi) is 7.98. The van der Waals surface area contributed by atoms with Crippen LogP contribution in [-0.2, 0) is 10.0 Å². The van der Waals surface area contributed by atoms with E-state index in [1.54, 1.807) is 12.1 Å². The largest absolute Gasteiger partial charge is 0.494 e. The number of nitrogens with one attached hydrogen (secondary N) is 1. The van der Waals surface area contributed by atoms with Gasteiger partial charge in [0.2, 0.25) is 10.0 Å². The monoisotopic (exact) mass is 457 g/mol. The van der Waals surface area contributed by atoms with Crippen molar-refractivity contribution in [2.24, 2.45) is 0 Å². The zero-order valence-electron chi connectivity index (χ0n) is 17.9. The summed E-state index contributed by atoms with van der Waals surface area (Å²) >= 11 is 0. The average Bonchev–Trinajstić information content (AvgIpc) is 2.78. The first-order valence-corrected chi connectivity index (χ1v) is 12.0. The molecule has 0 saturated carbocycles. The minimum atomic E-state index is -3.69. The van der Waals surface area contributed by atoms with E-state index in [2.05, 4.69) is 22.1 Å². The van der Waals surface area contributed by atoms with E-state index in [-0.39, 0.29) is 0 Å². The predicted molar refractivity (Wildman–Crippen MR) is 123 cm³/mol. The van der Waals surface area contributed by atoms with Crippen LogP contribution in [0, 0.1) is 11.8 Å². The Morgan fingerprint density at radius 2 is 1.75 bits per heavy atom. The van der Waals surface area contributed by atoms with Crippen molar-refractivity contribution in [3.63, 3.8) is 0 Å². The topological polar surface area (TPSA) is 99.2 Å². The number of piperazine rings is 1. The van der Waals surface area contributed by atoms with Crippen molar-refractivity contribution in [2.75, 3.05) is 43.4 Å². The van der Waals surface area contributed by atoms with Crippen molar-refractivity contribution in [1.29, 1.82) is 0 Å². The zero-order valence-corrected chi connectivity index (χ0v) is 18.7. The van der Waals surface area contributed by atoms with Gasteiger partial charge in [0.05, 0.1) is 12.4 Å². The highest BCUT2D eigenvalue weighted by atomic mass is 32.2. The predicted octanol–water partition coefficient (Wildman–Crippen LogP) is 2.22. The Bertz CT molecular complexity index is 1050. The average molecular weight is 458 g/mol. The van der Waals surface area contributed by atoms with E-state index in [0.29, 0.717) is 38.3 Å². The molecule has 0 radical (unpaired) electrons. The van der Waals surface area contributed by atoms with Crippen LogP contribution in [0.1, 0.15) is 12.5 Å². The Hall–Kier alpha value is -3.22. The summed E-state index contributed by atoms with van der Waals surface area (Å²) in [6.45, 7) is 4.25. The number of carbonyl (C=O) groups is 1. The fourth-order valence-electron chi connectivity index (χ4n) is 3.42. The van der Waals surface area contributed by atoms with Crippen LogP contribution in [0.3, 0.4) is 0 Å². The maximum absolute atomic E-state index is 12.9. The van der Waals surface area contributed by atoms with Gasteiger partial charge >= 0.3 is 6.09 Å². The summed E-state index contributed by atoms with van der Waals surface area (Å²) in [5.41, 5.74) is 1.69. The Balaban J connectivity index is 1.62. The van der Waals surface area contributed by atoms with Crippen LogP contribution < -0.4 is 15.0 Å². The number of ether oxygens (including phenoxy) is 1. The fraction of sp³-hybridized carbons (Fsp3) is 0.348. The third-order valence-electron chi connectivity index (χ3n) is 4.98. The molecule has 0 spiro atoms. The summed E-state index contributed by atoms with van der Waals surface area (Å²) in [7, 11) is -3.69. The number of carboxylic acid groups (broad SMARTS) is 1. The highest BCUT2D eigenvalue weighted by molar-refractivity contribution is 7.89. The van der Waals surface area contributed by atoms with Crippen LogP contribution in [0.4, 0.5) is 10.5 Å². The maximum atomic E-state index is 12.9. The standard InChI is InChI=1S/C23H27N3O5S/c1-2-31-22-12-10-21(11-13-22)25-14-16-26(17-15-25)32(29,30)18-20(24-23(27)28)9-8-19-6-4-3-5-7-19/h3-7,10-13,20,24H,2,14-18H2,1H3,(H,27,28). The molecule has 1 aliphatic rings. The molecule has 9 heteroatoms. The van der Waals surface area contributed by atoms with E-state index in [1.165, 1.54) is 4.31 Å². The van der Waals surface area contributed by atoms with Crippen molar-refractivity contribution in [3.8, 4) is 17.6 Å². The van der Waals surface area contributed by atoms with Gasteiger partial charge in [0.1, 0.15) is 11.8 Å². The number of benzene rings is 2. The lowest BCUT2D eigenvalue weighted by Gasteiger charge is -2.35. The molecule has 170 valence electrons. The second kappa shape index (κ2) is 10.9. The van der Waals surface area contributed by atoms with Crippen molar-refractivity contribution in [3.05, 3.63) is 60.2 Å². The molecule has 8 nitrogen and oxygen atoms in total. The van der Waals surface area contributed by atoms with Crippen molar-refractivity contribution in [2.45, 2.75) is 13.0 Å². The van der Waals surface area contributed by atoms with Gasteiger partial charge in [-0.25, -0.2) is 13.2 Å². The van der Waals surface area contributed by atoms with Gasteiger partial charge in [-0.2, -0.15) is 4.31 Å². The molecular formula is C23H27N3O5S. The van der Waals surface area contributed by atoms with Crippen molar-refractivity contribution in [1.82, 2.24) is 9.62 Å². The molecule has 2 aromatic rings. The first kappa shape index (κ1) is 23.4. The summed E-state index contributed by atoms with van der Waals surface area (Å²) < 4.78 is 32.7. The fourth-order valence-corrected chi connectivity index (χ4v) is 4.94. The molecule has 1 atom stereocenters. The third kappa shape index (κ3) is 6.64. The lowest BCUT2D eigenvalue weighted by Crippen LogP contribution is -2.51. The van der Waals surface area contributed by atoms with Crippen molar-refractivity contribution < 1.29 is 23.1 Å². The smallest absolute Gasteiger partial charge is 0.405 e. The minimum Gasteiger partial charge on any atom is -0.494 e. The number of nitrogens with zero attached hydrogens (tertiary/aromatic N) is 2. The van der Waals surface area contributed by atoms with Crippen LogP contribution in [0.2, 0.25) is 0 Å². The SMILES string of the molecule is CCOc1ccc(N2CCN(S(=O)(=O)CC(C#Cc3ccccc3)NC(=O)O)CC2)cc1.